The molecule has 0 saturated heterocycles. The fraction of sp³-hybridized carbons (Fsp3) is 0.333. The van der Waals surface area contributed by atoms with E-state index >= 15 is 0 Å². The predicted molar refractivity (Wildman–Crippen MR) is 51.3 cm³/mol. The molecule has 7 nitrogen and oxygen atoms in total. The summed E-state index contributed by atoms with van der Waals surface area (Å²) in [6, 6.07) is 2.44. The summed E-state index contributed by atoms with van der Waals surface area (Å²) in [5.74, 6) is -0.119. The molecule has 0 bridgehead atoms. The fourth-order valence-electron chi connectivity index (χ4n) is 0.767. The van der Waals surface area contributed by atoms with Gasteiger partial charge in [-0.05, 0) is 6.07 Å². The van der Waals surface area contributed by atoms with E-state index in [4.69, 9.17) is 5.73 Å². The molecule has 1 aromatic rings. The first-order valence-corrected chi connectivity index (χ1v) is 5.45. The zero-order valence-corrected chi connectivity index (χ0v) is 8.04. The molecule has 0 fully saturated rings. The van der Waals surface area contributed by atoms with E-state index in [1.54, 1.807) is 0 Å². The van der Waals surface area contributed by atoms with Gasteiger partial charge in [0.15, 0.2) is 5.82 Å². The number of nitrogens with zero attached hydrogens (tertiary/aromatic N) is 1. The van der Waals surface area contributed by atoms with Crippen LogP contribution >= 0.6 is 0 Å². The Bertz CT molecular complexity index is 432. The van der Waals surface area contributed by atoms with Gasteiger partial charge in [0, 0.05) is 12.6 Å². The van der Waals surface area contributed by atoms with Crippen molar-refractivity contribution in [2.75, 3.05) is 17.0 Å². The second kappa shape index (κ2) is 4.20. The second-order valence-electron chi connectivity index (χ2n) is 2.52. The Morgan fingerprint density at radius 3 is 2.71 bits per heavy atom. The van der Waals surface area contributed by atoms with E-state index in [-0.39, 0.29) is 18.1 Å². The molecule has 0 saturated carbocycles. The highest BCUT2D eigenvalue weighted by molar-refractivity contribution is 7.92. The Balaban J connectivity index is 2.79. The van der Waals surface area contributed by atoms with E-state index < -0.39 is 15.6 Å². The van der Waals surface area contributed by atoms with Gasteiger partial charge in [0.25, 0.3) is 5.56 Å². The van der Waals surface area contributed by atoms with Crippen LogP contribution in [0.15, 0.2) is 16.9 Å². The number of anilines is 1. The van der Waals surface area contributed by atoms with Crippen molar-refractivity contribution < 1.29 is 8.42 Å². The molecule has 78 valence electrons. The minimum absolute atomic E-state index is 0.0265. The number of hydrogen-bond donors (Lipinski definition) is 3. The van der Waals surface area contributed by atoms with Crippen LogP contribution < -0.4 is 16.0 Å². The molecule has 0 aliphatic heterocycles. The molecule has 4 N–H and O–H groups in total. The number of aromatic nitrogens is 2. The van der Waals surface area contributed by atoms with Gasteiger partial charge >= 0.3 is 0 Å². The highest BCUT2D eigenvalue weighted by atomic mass is 32.2. The summed E-state index contributed by atoms with van der Waals surface area (Å²) in [5.41, 5.74) is 4.70. The normalized spacial score (nSPS) is 11.2. The Morgan fingerprint density at radius 2 is 2.21 bits per heavy atom. The molecule has 8 heteroatoms. The van der Waals surface area contributed by atoms with Crippen LogP contribution in [0.2, 0.25) is 0 Å². The summed E-state index contributed by atoms with van der Waals surface area (Å²) in [6.07, 6.45) is 0. The molecule has 1 heterocycles. The Kier molecular flexibility index (Phi) is 3.20. The molecule has 0 amide bonds. The first kappa shape index (κ1) is 10.7. The molecule has 1 aromatic heterocycles. The maximum absolute atomic E-state index is 11.2. The highest BCUT2D eigenvalue weighted by Gasteiger charge is 2.09. The van der Waals surface area contributed by atoms with Gasteiger partial charge in [-0.1, -0.05) is 0 Å². The van der Waals surface area contributed by atoms with Crippen molar-refractivity contribution in [2.45, 2.75) is 0 Å². The number of rotatable bonds is 4. The lowest BCUT2D eigenvalue weighted by Gasteiger charge is -2.04. The van der Waals surface area contributed by atoms with Crippen molar-refractivity contribution >= 4 is 15.8 Å². The van der Waals surface area contributed by atoms with Crippen molar-refractivity contribution in [3.63, 3.8) is 0 Å². The van der Waals surface area contributed by atoms with Gasteiger partial charge in [-0.25, -0.2) is 13.5 Å². The fourth-order valence-corrected chi connectivity index (χ4v) is 1.61. The third-order valence-corrected chi connectivity index (χ3v) is 2.62. The summed E-state index contributed by atoms with van der Waals surface area (Å²) in [4.78, 5) is 10.6. The molecule has 0 aliphatic rings. The lowest BCUT2D eigenvalue weighted by molar-refractivity contribution is 0.600. The maximum atomic E-state index is 11.2. The lowest BCUT2D eigenvalue weighted by Crippen LogP contribution is -2.23. The largest absolute Gasteiger partial charge is 0.329 e. The molecular formula is C6H10N4O3S. The van der Waals surface area contributed by atoms with Gasteiger partial charge in [0.2, 0.25) is 10.0 Å². The molecule has 0 aromatic carbocycles. The van der Waals surface area contributed by atoms with Crippen LogP contribution in [0.5, 0.6) is 0 Å². The third kappa shape index (κ3) is 3.15. The molecule has 0 radical (unpaired) electrons. The van der Waals surface area contributed by atoms with E-state index in [9.17, 15) is 13.2 Å². The van der Waals surface area contributed by atoms with Gasteiger partial charge in [-0.3, -0.25) is 9.52 Å². The van der Waals surface area contributed by atoms with E-state index in [0.717, 1.165) is 0 Å². The number of hydrogen-bond acceptors (Lipinski definition) is 5. The van der Waals surface area contributed by atoms with Crippen LogP contribution in [0, 0.1) is 0 Å². The maximum Gasteiger partial charge on any atom is 0.264 e. The van der Waals surface area contributed by atoms with Crippen LogP contribution in [0.3, 0.4) is 0 Å². The molecular weight excluding hydrogens is 208 g/mol. The van der Waals surface area contributed by atoms with Crippen molar-refractivity contribution in [3.05, 3.63) is 22.5 Å². The van der Waals surface area contributed by atoms with Crippen LogP contribution in [0.4, 0.5) is 5.82 Å². The van der Waals surface area contributed by atoms with Gasteiger partial charge in [0.1, 0.15) is 0 Å². The average Bonchev–Trinajstić information content (AvgIpc) is 2.08. The Labute approximate surface area is 80.4 Å². The van der Waals surface area contributed by atoms with Gasteiger partial charge < -0.3 is 5.73 Å². The first-order valence-electron chi connectivity index (χ1n) is 3.80. The lowest BCUT2D eigenvalue weighted by atomic mass is 10.5. The second-order valence-corrected chi connectivity index (χ2v) is 4.36. The van der Waals surface area contributed by atoms with E-state index in [1.165, 1.54) is 12.1 Å². The van der Waals surface area contributed by atoms with Crippen molar-refractivity contribution in [1.29, 1.82) is 0 Å². The number of H-pyrrole nitrogens is 1. The molecule has 0 spiro atoms. The molecule has 0 aliphatic carbocycles. The highest BCUT2D eigenvalue weighted by Crippen LogP contribution is 1.99. The SMILES string of the molecule is NCCS(=O)(=O)Nc1ccc(=O)[nH]n1. The molecule has 0 unspecified atom stereocenters. The number of aromatic amines is 1. The van der Waals surface area contributed by atoms with Crippen LogP contribution in [-0.4, -0.2) is 30.9 Å². The quantitative estimate of drug-likeness (QED) is 0.566. The zero-order valence-electron chi connectivity index (χ0n) is 7.23. The Morgan fingerprint density at radius 1 is 1.50 bits per heavy atom. The van der Waals surface area contributed by atoms with Gasteiger partial charge in [-0.2, -0.15) is 5.10 Å². The van der Waals surface area contributed by atoms with Crippen molar-refractivity contribution in [2.24, 2.45) is 5.73 Å². The number of sulfonamides is 1. The van der Waals surface area contributed by atoms with Crippen molar-refractivity contribution in [3.8, 4) is 0 Å². The smallest absolute Gasteiger partial charge is 0.264 e. The number of nitrogens with one attached hydrogen (secondary N) is 2. The molecule has 0 atom stereocenters. The molecule has 14 heavy (non-hydrogen) atoms. The summed E-state index contributed by atoms with van der Waals surface area (Å²) in [5, 5.41) is 5.58. The summed E-state index contributed by atoms with van der Waals surface area (Å²) in [7, 11) is -3.46. The summed E-state index contributed by atoms with van der Waals surface area (Å²) >= 11 is 0. The Hall–Kier alpha value is -1.41. The van der Waals surface area contributed by atoms with Crippen LogP contribution in [0.25, 0.3) is 0 Å². The van der Waals surface area contributed by atoms with E-state index in [0.29, 0.717) is 0 Å². The topological polar surface area (TPSA) is 118 Å². The van der Waals surface area contributed by atoms with Gasteiger partial charge in [0.05, 0.1) is 5.75 Å². The van der Waals surface area contributed by atoms with E-state index in [2.05, 4.69) is 14.9 Å². The minimum atomic E-state index is -3.46. The van der Waals surface area contributed by atoms with E-state index in [1.807, 2.05) is 0 Å². The predicted octanol–water partition coefficient (Wildman–Crippen LogP) is -1.53. The zero-order chi connectivity index (χ0) is 10.6. The third-order valence-electron chi connectivity index (χ3n) is 1.33. The number of nitrogens with two attached hydrogens (primary N) is 1. The summed E-state index contributed by atoms with van der Waals surface area (Å²) < 4.78 is 24.5. The first-order chi connectivity index (χ1) is 6.53. The monoisotopic (exact) mass is 218 g/mol. The summed E-state index contributed by atoms with van der Waals surface area (Å²) in [6.45, 7) is 0.0265. The van der Waals surface area contributed by atoms with Gasteiger partial charge in [-0.15, -0.1) is 0 Å². The average molecular weight is 218 g/mol. The standard InChI is InChI=1S/C6H10N4O3S/c7-3-4-14(12,13)10-5-1-2-6(11)9-8-5/h1-2H,3-4,7H2,(H,8,10)(H,9,11). The van der Waals surface area contributed by atoms with Crippen molar-refractivity contribution in [1.82, 2.24) is 10.2 Å². The van der Waals surface area contributed by atoms with Crippen LogP contribution in [-0.2, 0) is 10.0 Å². The van der Waals surface area contributed by atoms with Crippen LogP contribution in [0.1, 0.15) is 0 Å². The minimum Gasteiger partial charge on any atom is -0.329 e. The molecule has 1 rings (SSSR count).